The van der Waals surface area contributed by atoms with Crippen molar-refractivity contribution < 1.29 is 9.59 Å². The number of para-hydroxylation sites is 3. The lowest BCUT2D eigenvalue weighted by atomic mass is 10.2. The number of benzene rings is 3. The largest absolute Gasteiger partial charge is 0.337 e. The molecule has 3 aromatic carbocycles. The van der Waals surface area contributed by atoms with E-state index in [9.17, 15) is 9.59 Å². The number of urea groups is 1. The summed E-state index contributed by atoms with van der Waals surface area (Å²) >= 11 is 19.2. The van der Waals surface area contributed by atoms with Crippen molar-refractivity contribution in [2.45, 2.75) is 9.96 Å². The number of carbonyl (C=O) groups excluding carboxylic acids is 2. The Morgan fingerprint density at radius 1 is 0.788 bits per heavy atom. The summed E-state index contributed by atoms with van der Waals surface area (Å²) in [6.07, 6.45) is -1.16. The van der Waals surface area contributed by atoms with Crippen LogP contribution in [0.2, 0.25) is 0 Å². The average Bonchev–Trinajstić information content (AvgIpc) is 3.03. The van der Waals surface area contributed by atoms with Gasteiger partial charge >= 0.3 is 11.9 Å². The van der Waals surface area contributed by atoms with Crippen LogP contribution < -0.4 is 9.80 Å². The topological polar surface area (TPSA) is 56.2 Å². The highest BCUT2D eigenvalue weighted by Crippen LogP contribution is 2.41. The standard InChI is InChI=1S/C24H19Cl3N4O2/c1-29-20(21(32)31(23(29)33)19-15-9-4-10-16-19)28-22(24(25,26)27)30(17-11-5-2-6-12-17)18-13-7-3-8-14-18/h2-16,22H,1H3/b28-20+. The van der Waals surface area contributed by atoms with E-state index >= 15 is 0 Å². The number of halogens is 3. The molecule has 1 unspecified atom stereocenters. The average molecular weight is 502 g/mol. The molecule has 6 nitrogen and oxygen atoms in total. The lowest BCUT2D eigenvalue weighted by Gasteiger charge is -2.35. The lowest BCUT2D eigenvalue weighted by Crippen LogP contribution is -2.42. The van der Waals surface area contributed by atoms with E-state index in [0.29, 0.717) is 17.1 Å². The summed E-state index contributed by atoms with van der Waals surface area (Å²) in [5.74, 6) is -0.730. The second kappa shape index (κ2) is 9.43. The Labute approximate surface area is 206 Å². The van der Waals surface area contributed by atoms with Crippen LogP contribution in [0.4, 0.5) is 21.9 Å². The Bertz CT molecular complexity index is 1130. The minimum atomic E-state index is -1.94. The molecule has 0 spiro atoms. The zero-order valence-corrected chi connectivity index (χ0v) is 19.7. The molecule has 9 heteroatoms. The van der Waals surface area contributed by atoms with Gasteiger partial charge in [0.05, 0.1) is 5.69 Å². The van der Waals surface area contributed by atoms with Crippen LogP contribution in [0.25, 0.3) is 0 Å². The van der Waals surface area contributed by atoms with Gasteiger partial charge in [-0.3, -0.25) is 9.69 Å². The van der Waals surface area contributed by atoms with E-state index in [2.05, 4.69) is 4.99 Å². The molecule has 1 saturated heterocycles. The van der Waals surface area contributed by atoms with Gasteiger partial charge in [-0.05, 0) is 36.4 Å². The molecule has 1 aliphatic heterocycles. The summed E-state index contributed by atoms with van der Waals surface area (Å²) in [5, 5.41) is 0. The van der Waals surface area contributed by atoms with Crippen LogP contribution in [-0.2, 0) is 4.79 Å². The van der Waals surface area contributed by atoms with Gasteiger partial charge in [0, 0.05) is 18.4 Å². The molecule has 4 rings (SSSR count). The van der Waals surface area contributed by atoms with Gasteiger partial charge in [-0.2, -0.15) is 0 Å². The molecule has 0 N–H and O–H groups in total. The van der Waals surface area contributed by atoms with Gasteiger partial charge in [-0.1, -0.05) is 89.4 Å². The highest BCUT2D eigenvalue weighted by Gasteiger charge is 2.45. The minimum absolute atomic E-state index is 0.128. The third-order valence-corrected chi connectivity index (χ3v) is 5.64. The molecule has 3 amide bonds. The van der Waals surface area contributed by atoms with Gasteiger partial charge < -0.3 is 4.90 Å². The van der Waals surface area contributed by atoms with Gasteiger partial charge in [-0.25, -0.2) is 14.7 Å². The number of aliphatic imine (C=N–C) groups is 1. The molecule has 0 bridgehead atoms. The highest BCUT2D eigenvalue weighted by molar-refractivity contribution is 6.68. The molecule has 1 heterocycles. The Morgan fingerprint density at radius 3 is 1.70 bits per heavy atom. The molecule has 1 aliphatic rings. The molecule has 1 fully saturated rings. The third-order valence-electron chi connectivity index (χ3n) is 5.06. The predicted molar refractivity (Wildman–Crippen MR) is 134 cm³/mol. The number of hydrogen-bond donors (Lipinski definition) is 0. The van der Waals surface area contributed by atoms with Crippen molar-refractivity contribution in [2.75, 3.05) is 16.8 Å². The zero-order chi connectivity index (χ0) is 23.6. The molecular weight excluding hydrogens is 483 g/mol. The Hall–Kier alpha value is -3.06. The van der Waals surface area contributed by atoms with E-state index in [1.54, 1.807) is 35.2 Å². The molecule has 33 heavy (non-hydrogen) atoms. The number of rotatable bonds is 5. The number of imide groups is 1. The van der Waals surface area contributed by atoms with Crippen molar-refractivity contribution in [1.82, 2.24) is 4.90 Å². The van der Waals surface area contributed by atoms with Crippen LogP contribution in [0.15, 0.2) is 96.0 Å². The van der Waals surface area contributed by atoms with Crippen LogP contribution in [0.3, 0.4) is 0 Å². The van der Waals surface area contributed by atoms with Crippen molar-refractivity contribution in [3.05, 3.63) is 91.0 Å². The second-order valence-corrected chi connectivity index (χ2v) is 9.60. The molecule has 0 saturated carbocycles. The van der Waals surface area contributed by atoms with E-state index in [-0.39, 0.29) is 5.84 Å². The summed E-state index contributed by atoms with van der Waals surface area (Å²) in [7, 11) is 1.47. The first-order valence-electron chi connectivity index (χ1n) is 10.00. The first kappa shape index (κ1) is 23.1. The summed E-state index contributed by atoms with van der Waals surface area (Å²) in [6.45, 7) is 0. The van der Waals surface area contributed by atoms with E-state index in [4.69, 9.17) is 34.8 Å². The minimum Gasteiger partial charge on any atom is -0.315 e. The highest BCUT2D eigenvalue weighted by atomic mass is 35.6. The second-order valence-electron chi connectivity index (χ2n) is 7.23. The molecular formula is C24H19Cl3N4O2. The van der Waals surface area contributed by atoms with E-state index < -0.39 is 21.9 Å². The number of amidine groups is 1. The fourth-order valence-corrected chi connectivity index (χ4v) is 3.96. The van der Waals surface area contributed by atoms with E-state index in [0.717, 1.165) is 9.80 Å². The number of alkyl halides is 3. The number of nitrogens with zero attached hydrogens (tertiary/aromatic N) is 4. The first-order chi connectivity index (χ1) is 15.8. The van der Waals surface area contributed by atoms with Crippen LogP contribution >= 0.6 is 34.8 Å². The number of likely N-dealkylation sites (N-methyl/N-ethyl adjacent to an activating group) is 1. The molecule has 0 aliphatic carbocycles. The van der Waals surface area contributed by atoms with Crippen molar-refractivity contribution >= 4 is 69.6 Å². The molecule has 3 aromatic rings. The number of amides is 3. The summed E-state index contributed by atoms with van der Waals surface area (Å²) in [4.78, 5) is 34.6. The normalized spacial score (nSPS) is 16.4. The van der Waals surface area contributed by atoms with Gasteiger partial charge in [-0.15, -0.1) is 0 Å². The van der Waals surface area contributed by atoms with Crippen molar-refractivity contribution in [2.24, 2.45) is 4.99 Å². The van der Waals surface area contributed by atoms with E-state index in [1.807, 2.05) is 60.7 Å². The number of hydrogen-bond acceptors (Lipinski definition) is 4. The Morgan fingerprint density at radius 2 is 1.24 bits per heavy atom. The Balaban J connectivity index is 1.84. The number of carbonyl (C=O) groups is 2. The maximum Gasteiger partial charge on any atom is 0.337 e. The van der Waals surface area contributed by atoms with Crippen LogP contribution in [0, 0.1) is 0 Å². The van der Waals surface area contributed by atoms with Crippen molar-refractivity contribution in [3.63, 3.8) is 0 Å². The van der Waals surface area contributed by atoms with Gasteiger partial charge in [0.15, 0.2) is 6.17 Å². The smallest absolute Gasteiger partial charge is 0.315 e. The van der Waals surface area contributed by atoms with Crippen LogP contribution in [0.1, 0.15) is 0 Å². The van der Waals surface area contributed by atoms with E-state index in [1.165, 1.54) is 7.05 Å². The van der Waals surface area contributed by atoms with Gasteiger partial charge in [0.1, 0.15) is 0 Å². The van der Waals surface area contributed by atoms with Gasteiger partial charge in [0.2, 0.25) is 9.63 Å². The Kier molecular flexibility index (Phi) is 6.61. The molecule has 1 atom stereocenters. The third kappa shape index (κ3) is 4.69. The molecule has 168 valence electrons. The first-order valence-corrected chi connectivity index (χ1v) is 11.1. The maximum absolute atomic E-state index is 13.3. The van der Waals surface area contributed by atoms with Crippen LogP contribution in [0.5, 0.6) is 0 Å². The SMILES string of the molecule is CN1C(=O)N(c2ccccc2)C(=O)/C1=N\C(N(c1ccccc1)c1ccccc1)C(Cl)(Cl)Cl. The molecule has 0 aromatic heterocycles. The monoisotopic (exact) mass is 500 g/mol. The zero-order valence-electron chi connectivity index (χ0n) is 17.5. The maximum atomic E-state index is 13.3. The van der Waals surface area contributed by atoms with Crippen LogP contribution in [-0.4, -0.2) is 39.7 Å². The summed E-state index contributed by atoms with van der Waals surface area (Å²) < 4.78 is -1.94. The van der Waals surface area contributed by atoms with Crippen molar-refractivity contribution in [3.8, 4) is 0 Å². The quantitative estimate of drug-likeness (QED) is 0.317. The van der Waals surface area contributed by atoms with Crippen molar-refractivity contribution in [1.29, 1.82) is 0 Å². The lowest BCUT2D eigenvalue weighted by molar-refractivity contribution is -0.111. The predicted octanol–water partition coefficient (Wildman–Crippen LogP) is 6.02. The fourth-order valence-electron chi connectivity index (χ4n) is 3.52. The fraction of sp³-hybridized carbons (Fsp3) is 0.125. The number of anilines is 3. The molecule has 0 radical (unpaired) electrons. The van der Waals surface area contributed by atoms with Gasteiger partial charge in [0.25, 0.3) is 0 Å². The summed E-state index contributed by atoms with van der Waals surface area (Å²) in [6, 6.07) is 26.6. The summed E-state index contributed by atoms with van der Waals surface area (Å²) in [5.41, 5.74) is 1.82.